The fourth-order valence-corrected chi connectivity index (χ4v) is 6.75. The van der Waals surface area contributed by atoms with Crippen molar-refractivity contribution in [3.63, 3.8) is 0 Å². The molecule has 1 saturated heterocycles. The van der Waals surface area contributed by atoms with E-state index in [1.165, 1.54) is 6.07 Å². The smallest absolute Gasteiger partial charge is 0.410 e. The summed E-state index contributed by atoms with van der Waals surface area (Å²) in [4.78, 5) is 14.5. The highest BCUT2D eigenvalue weighted by Gasteiger charge is 2.48. The number of sulfone groups is 1. The van der Waals surface area contributed by atoms with Crippen molar-refractivity contribution in [1.82, 2.24) is 15.1 Å². The Hall–Kier alpha value is -2.77. The minimum absolute atomic E-state index is 0.0665. The number of hydrogen-bond acceptors (Lipinski definition) is 7. The fourth-order valence-electron chi connectivity index (χ4n) is 4.55. The average Bonchev–Trinajstić information content (AvgIpc) is 3.23. The average molecular weight is 504 g/mol. The maximum atomic E-state index is 13.5. The van der Waals surface area contributed by atoms with Crippen LogP contribution in [0.3, 0.4) is 0 Å². The van der Waals surface area contributed by atoms with Crippen molar-refractivity contribution in [2.24, 2.45) is 0 Å². The van der Waals surface area contributed by atoms with Gasteiger partial charge in [-0.3, -0.25) is 0 Å². The van der Waals surface area contributed by atoms with E-state index in [9.17, 15) is 18.5 Å². The van der Waals surface area contributed by atoms with E-state index in [2.05, 4.69) is 16.5 Å². The minimum atomic E-state index is -3.79. The van der Waals surface area contributed by atoms with Gasteiger partial charge < -0.3 is 15.0 Å². The van der Waals surface area contributed by atoms with Crippen LogP contribution in [-0.2, 0) is 14.6 Å². The van der Waals surface area contributed by atoms with Crippen LogP contribution in [0.4, 0.5) is 10.6 Å². The van der Waals surface area contributed by atoms with Crippen molar-refractivity contribution >= 4 is 33.3 Å². The highest BCUT2D eigenvalue weighted by molar-refractivity contribution is 7.92. The number of carbonyl (C=O) groups excluding carboxylic acids is 1. The predicted molar refractivity (Wildman–Crippen MR) is 125 cm³/mol. The number of carbonyl (C=O) groups is 1. The Balaban J connectivity index is 1.46. The van der Waals surface area contributed by atoms with Crippen molar-refractivity contribution in [2.45, 2.75) is 73.4 Å². The Labute approximate surface area is 203 Å². The Morgan fingerprint density at radius 2 is 2.06 bits per heavy atom. The zero-order valence-electron chi connectivity index (χ0n) is 18.8. The number of halogens is 1. The largest absolute Gasteiger partial charge is 0.425 e. The van der Waals surface area contributed by atoms with Gasteiger partial charge in [0.15, 0.2) is 16.1 Å². The number of alkyl carbamates (subject to hydrolysis) is 1. The number of nitrogens with one attached hydrogen (secondary N) is 1. The standard InChI is InChI=1S/C23H26ClN5O4S/c1-15-11-20(29(27-15)16-5-4-6-16)28-13-17(34(31,32)19-8-3-2-7-18(19)24)12-21(28)33-22(30)26-23(14-25)9-10-23/h2-3,7-8,11,16-17,21H,4-6,9-10,12-13H2,1H3,(H,26,30)/t17-,21+/m1/s1. The number of nitriles is 1. The molecule has 5 rings (SSSR count). The third-order valence-electron chi connectivity index (χ3n) is 6.90. The molecule has 180 valence electrons. The highest BCUT2D eigenvalue weighted by Crippen LogP contribution is 2.40. The predicted octanol–water partition coefficient (Wildman–Crippen LogP) is 3.73. The second-order valence-electron chi connectivity index (χ2n) is 9.34. The van der Waals surface area contributed by atoms with Crippen LogP contribution in [0.5, 0.6) is 0 Å². The Kier molecular flexibility index (Phi) is 5.73. The molecule has 2 atom stereocenters. The summed E-state index contributed by atoms with van der Waals surface area (Å²) in [7, 11) is -3.79. The van der Waals surface area contributed by atoms with Crippen LogP contribution >= 0.6 is 11.6 Å². The number of ether oxygens (including phenoxy) is 1. The van der Waals surface area contributed by atoms with E-state index in [1.54, 1.807) is 18.2 Å². The monoisotopic (exact) mass is 503 g/mol. The van der Waals surface area contributed by atoms with E-state index in [0.29, 0.717) is 12.8 Å². The van der Waals surface area contributed by atoms with Crippen LogP contribution in [0.1, 0.15) is 50.3 Å². The normalized spacial score (nSPS) is 23.7. The number of benzene rings is 1. The lowest BCUT2D eigenvalue weighted by Crippen LogP contribution is -2.42. The molecule has 2 heterocycles. The molecule has 1 amide bonds. The summed E-state index contributed by atoms with van der Waals surface area (Å²) in [6.45, 7) is 2.02. The van der Waals surface area contributed by atoms with E-state index in [-0.39, 0.29) is 28.9 Å². The number of anilines is 1. The number of aromatic nitrogens is 2. The molecule has 11 heteroatoms. The third-order valence-corrected chi connectivity index (χ3v) is 9.53. The Morgan fingerprint density at radius 3 is 2.68 bits per heavy atom. The fraction of sp³-hybridized carbons (Fsp3) is 0.522. The Bertz CT molecular complexity index is 1260. The SMILES string of the molecule is Cc1cc(N2C[C@H](S(=O)(=O)c3ccccc3Cl)C[C@@H]2OC(=O)NC2(C#N)CC2)n(C2CCC2)n1. The van der Waals surface area contributed by atoms with Crippen molar-refractivity contribution in [3.05, 3.63) is 41.0 Å². The molecule has 0 unspecified atom stereocenters. The zero-order chi connectivity index (χ0) is 24.1. The van der Waals surface area contributed by atoms with E-state index in [4.69, 9.17) is 16.3 Å². The van der Waals surface area contributed by atoms with E-state index < -0.39 is 32.9 Å². The topological polar surface area (TPSA) is 117 Å². The van der Waals surface area contributed by atoms with Crippen LogP contribution in [0, 0.1) is 18.3 Å². The molecule has 1 N–H and O–H groups in total. The van der Waals surface area contributed by atoms with Gasteiger partial charge in [0.25, 0.3) is 0 Å². The second kappa shape index (κ2) is 8.47. The molecule has 2 aliphatic carbocycles. The zero-order valence-corrected chi connectivity index (χ0v) is 20.3. The van der Waals surface area contributed by atoms with Crippen molar-refractivity contribution in [1.29, 1.82) is 5.26 Å². The van der Waals surface area contributed by atoms with Gasteiger partial charge >= 0.3 is 6.09 Å². The number of nitrogens with zero attached hydrogens (tertiary/aromatic N) is 4. The van der Waals surface area contributed by atoms with Crippen molar-refractivity contribution < 1.29 is 17.9 Å². The molecule has 0 spiro atoms. The van der Waals surface area contributed by atoms with Crippen LogP contribution in [0.25, 0.3) is 0 Å². The number of aryl methyl sites for hydroxylation is 1. The lowest BCUT2D eigenvalue weighted by Gasteiger charge is -2.32. The van der Waals surface area contributed by atoms with Gasteiger partial charge in [-0.15, -0.1) is 0 Å². The molecular weight excluding hydrogens is 478 g/mol. The molecule has 1 aromatic carbocycles. The van der Waals surface area contributed by atoms with Crippen LogP contribution < -0.4 is 10.2 Å². The van der Waals surface area contributed by atoms with Gasteiger partial charge in [-0.05, 0) is 51.2 Å². The van der Waals surface area contributed by atoms with Gasteiger partial charge in [-0.25, -0.2) is 17.9 Å². The molecule has 1 aromatic heterocycles. The van der Waals surface area contributed by atoms with Gasteiger partial charge in [-0.2, -0.15) is 10.4 Å². The second-order valence-corrected chi connectivity index (χ2v) is 11.9. The molecule has 2 saturated carbocycles. The van der Waals surface area contributed by atoms with Crippen LogP contribution in [-0.4, -0.2) is 47.9 Å². The van der Waals surface area contributed by atoms with Gasteiger partial charge in [0, 0.05) is 19.0 Å². The Morgan fingerprint density at radius 1 is 1.32 bits per heavy atom. The summed E-state index contributed by atoms with van der Waals surface area (Å²) < 4.78 is 34.7. The highest BCUT2D eigenvalue weighted by atomic mass is 35.5. The molecular formula is C23H26ClN5O4S. The lowest BCUT2D eigenvalue weighted by molar-refractivity contribution is 0.0990. The molecule has 2 aromatic rings. The minimum Gasteiger partial charge on any atom is -0.425 e. The van der Waals surface area contributed by atoms with Gasteiger partial charge in [0.1, 0.15) is 11.4 Å². The van der Waals surface area contributed by atoms with Gasteiger partial charge in [0.05, 0.1) is 33.0 Å². The van der Waals surface area contributed by atoms with Crippen LogP contribution in [0.15, 0.2) is 35.2 Å². The van der Waals surface area contributed by atoms with E-state index in [1.807, 2.05) is 22.6 Å². The van der Waals surface area contributed by atoms with Crippen LogP contribution in [0.2, 0.25) is 5.02 Å². The van der Waals surface area contributed by atoms with Crippen molar-refractivity contribution in [2.75, 3.05) is 11.4 Å². The lowest BCUT2D eigenvalue weighted by atomic mass is 9.93. The summed E-state index contributed by atoms with van der Waals surface area (Å²) in [5.74, 6) is 0.735. The summed E-state index contributed by atoms with van der Waals surface area (Å²) in [6.07, 6.45) is 2.79. The van der Waals surface area contributed by atoms with Gasteiger partial charge in [0.2, 0.25) is 0 Å². The first kappa shape index (κ1) is 23.0. The number of rotatable bonds is 6. The number of hydrogen-bond donors (Lipinski definition) is 1. The summed E-state index contributed by atoms with van der Waals surface area (Å²) >= 11 is 6.22. The van der Waals surface area contributed by atoms with E-state index >= 15 is 0 Å². The summed E-state index contributed by atoms with van der Waals surface area (Å²) in [5.41, 5.74) is -0.0719. The first-order valence-electron chi connectivity index (χ1n) is 11.4. The molecule has 3 aliphatic rings. The first-order valence-corrected chi connectivity index (χ1v) is 13.4. The molecule has 3 fully saturated rings. The maximum Gasteiger partial charge on any atom is 0.410 e. The maximum absolute atomic E-state index is 13.5. The molecule has 1 aliphatic heterocycles. The molecule has 34 heavy (non-hydrogen) atoms. The summed E-state index contributed by atoms with van der Waals surface area (Å²) in [5, 5.41) is 15.9. The van der Waals surface area contributed by atoms with E-state index in [0.717, 1.165) is 30.8 Å². The van der Waals surface area contributed by atoms with Gasteiger partial charge in [-0.1, -0.05) is 23.7 Å². The first-order chi connectivity index (χ1) is 16.2. The molecule has 9 nitrogen and oxygen atoms in total. The summed E-state index contributed by atoms with van der Waals surface area (Å²) in [6, 6.07) is 10.6. The molecule has 0 bridgehead atoms. The third kappa shape index (κ3) is 4.12. The van der Waals surface area contributed by atoms with Crippen molar-refractivity contribution in [3.8, 4) is 6.07 Å². The molecule has 0 radical (unpaired) electrons. The quantitative estimate of drug-likeness (QED) is 0.638. The number of amides is 1.